The van der Waals surface area contributed by atoms with Crippen LogP contribution >= 0.6 is 11.8 Å². The first kappa shape index (κ1) is 20.9. The van der Waals surface area contributed by atoms with Gasteiger partial charge in [0.05, 0.1) is 18.1 Å². The van der Waals surface area contributed by atoms with Crippen LogP contribution in [0, 0.1) is 13.8 Å². The minimum absolute atomic E-state index is 0.101. The second kappa shape index (κ2) is 9.18. The zero-order valence-electron chi connectivity index (χ0n) is 17.6. The Balaban J connectivity index is 1.48. The number of carbonyl (C=O) groups is 1. The van der Waals surface area contributed by atoms with Crippen molar-refractivity contribution in [3.63, 3.8) is 0 Å². The highest BCUT2D eigenvalue weighted by Gasteiger charge is 2.12. The van der Waals surface area contributed by atoms with Crippen LogP contribution in [0.5, 0.6) is 5.75 Å². The second-order valence-corrected chi connectivity index (χ2v) is 8.03. The summed E-state index contributed by atoms with van der Waals surface area (Å²) in [5.41, 5.74) is 5.40. The Kier molecular flexibility index (Phi) is 6.18. The van der Waals surface area contributed by atoms with Gasteiger partial charge in [-0.05, 0) is 68.8 Å². The lowest BCUT2D eigenvalue weighted by Gasteiger charge is -2.08. The van der Waals surface area contributed by atoms with Crippen molar-refractivity contribution >= 4 is 29.0 Å². The lowest BCUT2D eigenvalue weighted by Crippen LogP contribution is -2.15. The van der Waals surface area contributed by atoms with Crippen molar-refractivity contribution in [2.45, 2.75) is 25.9 Å². The summed E-state index contributed by atoms with van der Waals surface area (Å²) in [4.78, 5) is 12.4. The number of aryl methyl sites for hydroxylation is 2. The third-order valence-corrected chi connectivity index (χ3v) is 5.60. The summed E-state index contributed by atoms with van der Waals surface area (Å²) in [7, 11) is 0. The van der Waals surface area contributed by atoms with Gasteiger partial charge in [-0.3, -0.25) is 4.79 Å². The van der Waals surface area contributed by atoms with E-state index in [-0.39, 0.29) is 11.7 Å². The summed E-state index contributed by atoms with van der Waals surface area (Å²) in [5, 5.41) is 16.5. The van der Waals surface area contributed by atoms with E-state index in [1.807, 2.05) is 75.4 Å². The first-order valence-corrected chi connectivity index (χ1v) is 11.0. The number of aromatic nitrogens is 4. The zero-order valence-corrected chi connectivity index (χ0v) is 18.4. The molecule has 4 aromatic rings. The first-order chi connectivity index (χ1) is 15.0. The molecule has 0 saturated heterocycles. The number of hydrogen-bond acceptors (Lipinski definition) is 6. The molecule has 4 rings (SSSR count). The molecule has 0 unspecified atom stereocenters. The molecule has 0 aliphatic heterocycles. The minimum atomic E-state index is -0.101. The average Bonchev–Trinajstić information content (AvgIpc) is 3.17. The molecule has 7 nitrogen and oxygen atoms in total. The third-order valence-electron chi connectivity index (χ3n) is 4.68. The van der Waals surface area contributed by atoms with E-state index in [1.165, 1.54) is 11.8 Å². The lowest BCUT2D eigenvalue weighted by molar-refractivity contribution is -0.113. The maximum atomic E-state index is 12.4. The number of ether oxygens (including phenoxy) is 1. The molecular formula is C23H23N5O2S. The van der Waals surface area contributed by atoms with Crippen LogP contribution in [-0.2, 0) is 4.79 Å². The summed E-state index contributed by atoms with van der Waals surface area (Å²) >= 11 is 1.30. The van der Waals surface area contributed by atoms with Crippen LogP contribution in [0.2, 0.25) is 0 Å². The summed E-state index contributed by atoms with van der Waals surface area (Å²) in [5.74, 6) is 0.933. The van der Waals surface area contributed by atoms with Crippen LogP contribution in [0.1, 0.15) is 18.1 Å². The molecule has 0 aliphatic carbocycles. The van der Waals surface area contributed by atoms with Crippen molar-refractivity contribution in [2.75, 3.05) is 17.7 Å². The van der Waals surface area contributed by atoms with Gasteiger partial charge in [0.15, 0.2) is 5.65 Å². The van der Waals surface area contributed by atoms with Gasteiger partial charge in [-0.25, -0.2) is 0 Å². The highest BCUT2D eigenvalue weighted by molar-refractivity contribution is 7.99. The standard InChI is InChI=1S/C23H23N5O2S/c1-4-30-18-8-6-17(7-9-18)20-11-12-21-25-26-23(28(21)27-20)31-14-22(29)24-19-10-5-15(2)13-16(19)3/h5-13H,4,14H2,1-3H3,(H,24,29). The predicted molar refractivity (Wildman–Crippen MR) is 123 cm³/mol. The molecule has 0 fully saturated rings. The molecule has 0 saturated carbocycles. The Hall–Kier alpha value is -3.39. The monoisotopic (exact) mass is 433 g/mol. The molecular weight excluding hydrogens is 410 g/mol. The zero-order chi connectivity index (χ0) is 21.8. The van der Waals surface area contributed by atoms with E-state index in [9.17, 15) is 4.79 Å². The van der Waals surface area contributed by atoms with Crippen LogP contribution in [0.25, 0.3) is 16.9 Å². The van der Waals surface area contributed by atoms with Gasteiger partial charge in [0.25, 0.3) is 0 Å². The Labute approximate surface area is 184 Å². The SMILES string of the molecule is CCOc1ccc(-c2ccc3nnc(SCC(=O)Nc4ccc(C)cc4C)n3n2)cc1. The van der Waals surface area contributed by atoms with Crippen molar-refractivity contribution in [1.29, 1.82) is 0 Å². The van der Waals surface area contributed by atoms with Crippen molar-refractivity contribution in [3.05, 3.63) is 65.7 Å². The van der Waals surface area contributed by atoms with Crippen molar-refractivity contribution in [1.82, 2.24) is 19.8 Å². The van der Waals surface area contributed by atoms with E-state index >= 15 is 0 Å². The fourth-order valence-corrected chi connectivity index (χ4v) is 3.86. The fourth-order valence-electron chi connectivity index (χ4n) is 3.17. The van der Waals surface area contributed by atoms with Crippen LogP contribution in [0.4, 0.5) is 5.69 Å². The molecule has 2 aromatic carbocycles. The molecule has 0 radical (unpaired) electrons. The summed E-state index contributed by atoms with van der Waals surface area (Å²) < 4.78 is 7.16. The van der Waals surface area contributed by atoms with Crippen molar-refractivity contribution in [2.24, 2.45) is 0 Å². The topological polar surface area (TPSA) is 81.4 Å². The molecule has 0 spiro atoms. The number of carbonyl (C=O) groups excluding carboxylic acids is 1. The van der Waals surface area contributed by atoms with Gasteiger partial charge in [0.2, 0.25) is 11.1 Å². The Morgan fingerprint density at radius 3 is 2.61 bits per heavy atom. The van der Waals surface area contributed by atoms with Crippen LogP contribution < -0.4 is 10.1 Å². The smallest absolute Gasteiger partial charge is 0.234 e. The molecule has 8 heteroatoms. The van der Waals surface area contributed by atoms with E-state index < -0.39 is 0 Å². The number of rotatable bonds is 7. The highest BCUT2D eigenvalue weighted by atomic mass is 32.2. The minimum Gasteiger partial charge on any atom is -0.494 e. The highest BCUT2D eigenvalue weighted by Crippen LogP contribution is 2.23. The van der Waals surface area contributed by atoms with Gasteiger partial charge in [0, 0.05) is 11.3 Å². The molecule has 0 bridgehead atoms. The van der Waals surface area contributed by atoms with Crippen molar-refractivity contribution in [3.8, 4) is 17.0 Å². The number of nitrogens with zero attached hydrogens (tertiary/aromatic N) is 4. The molecule has 158 valence electrons. The molecule has 1 N–H and O–H groups in total. The quantitative estimate of drug-likeness (QED) is 0.431. The van der Waals surface area contributed by atoms with Gasteiger partial charge < -0.3 is 10.1 Å². The Bertz CT molecular complexity index is 1220. The van der Waals surface area contributed by atoms with E-state index in [2.05, 4.69) is 20.6 Å². The van der Waals surface area contributed by atoms with Crippen LogP contribution in [0.3, 0.4) is 0 Å². The molecule has 2 heterocycles. The Morgan fingerprint density at radius 2 is 1.87 bits per heavy atom. The van der Waals surface area contributed by atoms with Crippen molar-refractivity contribution < 1.29 is 9.53 Å². The number of hydrogen-bond donors (Lipinski definition) is 1. The normalized spacial score (nSPS) is 10.9. The summed E-state index contributed by atoms with van der Waals surface area (Å²) in [6.45, 7) is 6.59. The second-order valence-electron chi connectivity index (χ2n) is 7.08. The number of fused-ring (bicyclic) bond motifs is 1. The largest absolute Gasteiger partial charge is 0.494 e. The number of thioether (sulfide) groups is 1. The first-order valence-electron chi connectivity index (χ1n) is 9.99. The number of nitrogens with one attached hydrogen (secondary N) is 1. The molecule has 31 heavy (non-hydrogen) atoms. The molecule has 1 amide bonds. The van der Waals surface area contributed by atoms with Crippen LogP contribution in [-0.4, -0.2) is 38.1 Å². The molecule has 2 aromatic heterocycles. The number of amides is 1. The fraction of sp³-hybridized carbons (Fsp3) is 0.217. The van der Waals surface area contributed by atoms with E-state index in [0.717, 1.165) is 33.8 Å². The summed E-state index contributed by atoms with van der Waals surface area (Å²) in [6, 6.07) is 17.5. The van der Waals surface area contributed by atoms with E-state index in [4.69, 9.17) is 4.74 Å². The molecule has 0 atom stereocenters. The van der Waals surface area contributed by atoms with Gasteiger partial charge in [0.1, 0.15) is 5.75 Å². The summed E-state index contributed by atoms with van der Waals surface area (Å²) in [6.07, 6.45) is 0. The number of benzene rings is 2. The third kappa shape index (κ3) is 4.86. The predicted octanol–water partition coefficient (Wildman–Crippen LogP) is 4.54. The number of anilines is 1. The van der Waals surface area contributed by atoms with Gasteiger partial charge >= 0.3 is 0 Å². The lowest BCUT2D eigenvalue weighted by atomic mass is 10.1. The van der Waals surface area contributed by atoms with Crippen LogP contribution in [0.15, 0.2) is 59.8 Å². The average molecular weight is 434 g/mol. The molecule has 0 aliphatic rings. The van der Waals surface area contributed by atoms with E-state index in [0.29, 0.717) is 17.4 Å². The Morgan fingerprint density at radius 1 is 1.06 bits per heavy atom. The maximum absolute atomic E-state index is 12.4. The van der Waals surface area contributed by atoms with Gasteiger partial charge in [-0.2, -0.15) is 9.61 Å². The van der Waals surface area contributed by atoms with Gasteiger partial charge in [-0.1, -0.05) is 29.5 Å². The van der Waals surface area contributed by atoms with E-state index in [1.54, 1.807) is 4.52 Å². The maximum Gasteiger partial charge on any atom is 0.234 e. The van der Waals surface area contributed by atoms with Gasteiger partial charge in [-0.15, -0.1) is 10.2 Å².